The number of aromatic nitrogens is 1. The van der Waals surface area contributed by atoms with E-state index in [1.54, 1.807) is 18.3 Å². The molecule has 0 bridgehead atoms. The SMILES string of the molecule is NNc1ccc(C(=O)NCC2CCCCS2)nc1. The van der Waals surface area contributed by atoms with Crippen molar-refractivity contribution in [3.05, 3.63) is 24.0 Å². The maximum atomic E-state index is 11.9. The maximum absolute atomic E-state index is 11.9. The van der Waals surface area contributed by atoms with Gasteiger partial charge in [0, 0.05) is 11.8 Å². The molecule has 98 valence electrons. The topological polar surface area (TPSA) is 80.0 Å². The fourth-order valence-electron chi connectivity index (χ4n) is 1.88. The van der Waals surface area contributed by atoms with E-state index in [1.165, 1.54) is 25.0 Å². The lowest BCUT2D eigenvalue weighted by atomic mass is 10.2. The highest BCUT2D eigenvalue weighted by atomic mass is 32.2. The number of rotatable bonds is 4. The second kappa shape index (κ2) is 6.61. The highest BCUT2D eigenvalue weighted by Gasteiger charge is 2.15. The Bertz CT molecular complexity index is 390. The fraction of sp³-hybridized carbons (Fsp3) is 0.500. The van der Waals surface area contributed by atoms with Crippen molar-refractivity contribution in [2.45, 2.75) is 24.5 Å². The number of nitrogen functional groups attached to an aromatic ring is 1. The lowest BCUT2D eigenvalue weighted by Gasteiger charge is -2.21. The van der Waals surface area contributed by atoms with Crippen LogP contribution in [0.25, 0.3) is 0 Å². The van der Waals surface area contributed by atoms with Crippen LogP contribution in [0.15, 0.2) is 18.3 Å². The van der Waals surface area contributed by atoms with Crippen LogP contribution < -0.4 is 16.6 Å². The molecule has 0 radical (unpaired) electrons. The second-order valence-electron chi connectivity index (χ2n) is 4.28. The van der Waals surface area contributed by atoms with Gasteiger partial charge in [-0.15, -0.1) is 0 Å². The molecule has 0 saturated carbocycles. The number of amides is 1. The molecule has 4 N–H and O–H groups in total. The summed E-state index contributed by atoms with van der Waals surface area (Å²) >= 11 is 1.94. The smallest absolute Gasteiger partial charge is 0.269 e. The van der Waals surface area contributed by atoms with E-state index in [9.17, 15) is 4.79 Å². The Labute approximate surface area is 111 Å². The summed E-state index contributed by atoms with van der Waals surface area (Å²) in [6.45, 7) is 0.724. The standard InChI is InChI=1S/C12H18N4OS/c13-16-9-4-5-11(14-7-9)12(17)15-8-10-3-1-2-6-18-10/h4-5,7,10,16H,1-3,6,8,13H2,(H,15,17). The van der Waals surface area contributed by atoms with Crippen molar-refractivity contribution < 1.29 is 4.79 Å². The molecule has 0 spiro atoms. The Hall–Kier alpha value is -1.27. The van der Waals surface area contributed by atoms with Crippen molar-refractivity contribution in [2.75, 3.05) is 17.7 Å². The summed E-state index contributed by atoms with van der Waals surface area (Å²) in [7, 11) is 0. The predicted octanol–water partition coefficient (Wildman–Crippen LogP) is 1.38. The van der Waals surface area contributed by atoms with Crippen LogP contribution in [0, 0.1) is 0 Å². The van der Waals surface area contributed by atoms with E-state index in [-0.39, 0.29) is 5.91 Å². The van der Waals surface area contributed by atoms with Crippen LogP contribution >= 0.6 is 11.8 Å². The predicted molar refractivity (Wildman–Crippen MR) is 74.5 cm³/mol. The highest BCUT2D eigenvalue weighted by Crippen LogP contribution is 2.24. The van der Waals surface area contributed by atoms with Crippen LogP contribution in [0.5, 0.6) is 0 Å². The molecule has 0 aliphatic carbocycles. The van der Waals surface area contributed by atoms with Gasteiger partial charge in [-0.25, -0.2) is 4.98 Å². The molecular weight excluding hydrogens is 248 g/mol. The van der Waals surface area contributed by atoms with Crippen LogP contribution in [0.1, 0.15) is 29.8 Å². The number of nitrogens with one attached hydrogen (secondary N) is 2. The van der Waals surface area contributed by atoms with Crippen LogP contribution in [0.3, 0.4) is 0 Å². The van der Waals surface area contributed by atoms with Crippen LogP contribution in [0.2, 0.25) is 0 Å². The Kier molecular flexibility index (Phi) is 4.83. The normalized spacial score (nSPS) is 19.3. The minimum Gasteiger partial charge on any atom is -0.350 e. The molecule has 1 unspecified atom stereocenters. The molecule has 5 nitrogen and oxygen atoms in total. The number of nitrogens with zero attached hydrogens (tertiary/aromatic N) is 1. The highest BCUT2D eigenvalue weighted by molar-refractivity contribution is 7.99. The Morgan fingerprint density at radius 2 is 2.39 bits per heavy atom. The average Bonchev–Trinajstić information content (AvgIpc) is 2.46. The third kappa shape index (κ3) is 3.61. The summed E-state index contributed by atoms with van der Waals surface area (Å²) in [5, 5.41) is 3.48. The van der Waals surface area contributed by atoms with E-state index in [2.05, 4.69) is 15.7 Å². The zero-order valence-corrected chi connectivity index (χ0v) is 11.0. The van der Waals surface area contributed by atoms with Gasteiger partial charge >= 0.3 is 0 Å². The molecule has 0 aromatic carbocycles. The molecular formula is C12H18N4OS. The minimum absolute atomic E-state index is 0.121. The summed E-state index contributed by atoms with van der Waals surface area (Å²) in [5.74, 6) is 6.32. The van der Waals surface area contributed by atoms with Gasteiger partial charge in [0.1, 0.15) is 5.69 Å². The summed E-state index contributed by atoms with van der Waals surface area (Å²) in [6, 6.07) is 3.40. The number of nitrogens with two attached hydrogens (primary N) is 1. The Morgan fingerprint density at radius 3 is 3.00 bits per heavy atom. The Morgan fingerprint density at radius 1 is 1.50 bits per heavy atom. The lowest BCUT2D eigenvalue weighted by molar-refractivity contribution is 0.0948. The van der Waals surface area contributed by atoms with E-state index < -0.39 is 0 Å². The van der Waals surface area contributed by atoms with Gasteiger partial charge in [0.25, 0.3) is 5.91 Å². The van der Waals surface area contributed by atoms with Gasteiger partial charge in [-0.3, -0.25) is 10.6 Å². The number of hydrazine groups is 1. The van der Waals surface area contributed by atoms with E-state index in [0.717, 1.165) is 6.54 Å². The number of pyridine rings is 1. The van der Waals surface area contributed by atoms with Crippen molar-refractivity contribution in [3.63, 3.8) is 0 Å². The number of thioether (sulfide) groups is 1. The molecule has 1 atom stereocenters. The van der Waals surface area contributed by atoms with Gasteiger partial charge < -0.3 is 10.7 Å². The summed E-state index contributed by atoms with van der Waals surface area (Å²) in [5.41, 5.74) is 3.59. The first-order chi connectivity index (χ1) is 8.79. The zero-order valence-electron chi connectivity index (χ0n) is 10.2. The van der Waals surface area contributed by atoms with Gasteiger partial charge in [-0.05, 0) is 30.7 Å². The molecule has 18 heavy (non-hydrogen) atoms. The summed E-state index contributed by atoms with van der Waals surface area (Å²) < 4.78 is 0. The van der Waals surface area contributed by atoms with Gasteiger partial charge in [0.05, 0.1) is 11.9 Å². The molecule has 1 amide bonds. The summed E-state index contributed by atoms with van der Waals surface area (Å²) in [6.07, 6.45) is 5.30. The second-order valence-corrected chi connectivity index (χ2v) is 5.68. The van der Waals surface area contributed by atoms with Gasteiger partial charge in [-0.2, -0.15) is 11.8 Å². The molecule has 6 heteroatoms. The molecule has 1 aliphatic heterocycles. The molecule has 1 fully saturated rings. The van der Waals surface area contributed by atoms with E-state index in [1.807, 2.05) is 11.8 Å². The number of carbonyl (C=O) groups is 1. The number of hydrogen-bond donors (Lipinski definition) is 3. The number of hydrogen-bond acceptors (Lipinski definition) is 5. The molecule has 1 saturated heterocycles. The van der Waals surface area contributed by atoms with Gasteiger partial charge in [0.15, 0.2) is 0 Å². The molecule has 1 aromatic heterocycles. The molecule has 1 aliphatic rings. The third-order valence-electron chi connectivity index (χ3n) is 2.93. The monoisotopic (exact) mass is 266 g/mol. The minimum atomic E-state index is -0.121. The average molecular weight is 266 g/mol. The third-order valence-corrected chi connectivity index (χ3v) is 4.33. The van der Waals surface area contributed by atoms with Gasteiger partial charge in [0.2, 0.25) is 0 Å². The van der Waals surface area contributed by atoms with Crippen LogP contribution in [-0.4, -0.2) is 28.4 Å². The Balaban J connectivity index is 1.82. The maximum Gasteiger partial charge on any atom is 0.269 e. The van der Waals surface area contributed by atoms with Gasteiger partial charge in [-0.1, -0.05) is 6.42 Å². The van der Waals surface area contributed by atoms with Crippen molar-refractivity contribution in [2.24, 2.45) is 5.84 Å². The largest absolute Gasteiger partial charge is 0.350 e. The number of carbonyl (C=O) groups excluding carboxylic acids is 1. The first-order valence-electron chi connectivity index (χ1n) is 6.12. The quantitative estimate of drug-likeness (QED) is 0.567. The molecule has 2 heterocycles. The van der Waals surface area contributed by atoms with Crippen molar-refractivity contribution in [1.29, 1.82) is 0 Å². The van der Waals surface area contributed by atoms with Crippen LogP contribution in [-0.2, 0) is 0 Å². The van der Waals surface area contributed by atoms with E-state index in [0.29, 0.717) is 16.6 Å². The van der Waals surface area contributed by atoms with Crippen molar-refractivity contribution in [3.8, 4) is 0 Å². The number of anilines is 1. The van der Waals surface area contributed by atoms with E-state index in [4.69, 9.17) is 5.84 Å². The van der Waals surface area contributed by atoms with E-state index >= 15 is 0 Å². The lowest BCUT2D eigenvalue weighted by Crippen LogP contribution is -2.32. The molecule has 2 rings (SSSR count). The molecule has 1 aromatic rings. The van der Waals surface area contributed by atoms with Crippen LogP contribution in [0.4, 0.5) is 5.69 Å². The zero-order chi connectivity index (χ0) is 12.8. The van der Waals surface area contributed by atoms with Crippen molar-refractivity contribution in [1.82, 2.24) is 10.3 Å². The first-order valence-corrected chi connectivity index (χ1v) is 7.17. The fourth-order valence-corrected chi connectivity index (χ4v) is 3.12. The summed E-state index contributed by atoms with van der Waals surface area (Å²) in [4.78, 5) is 15.9. The first kappa shape index (κ1) is 13.2. The van der Waals surface area contributed by atoms with Crippen molar-refractivity contribution >= 4 is 23.4 Å².